The van der Waals surface area contributed by atoms with Gasteiger partial charge in [0.1, 0.15) is 0 Å². The Morgan fingerprint density at radius 2 is 2.06 bits per heavy atom. The normalized spacial score (nSPS) is 12.6. The fraction of sp³-hybridized carbons (Fsp3) is 0.308. The largest absolute Gasteiger partial charge is 0.271 e. The lowest BCUT2D eigenvalue weighted by atomic mass is 10.0. The molecule has 1 heterocycles. The molecular weight excluding hydrogens is 230 g/mol. The maximum absolute atomic E-state index is 5.66. The molecule has 0 bridgehead atoms. The predicted molar refractivity (Wildman–Crippen MR) is 71.8 cm³/mol. The van der Waals surface area contributed by atoms with Crippen LogP contribution in [0.3, 0.4) is 0 Å². The van der Waals surface area contributed by atoms with Crippen molar-refractivity contribution in [2.45, 2.75) is 26.3 Å². The van der Waals surface area contributed by atoms with Crippen molar-refractivity contribution in [2.75, 3.05) is 0 Å². The zero-order valence-electron chi connectivity index (χ0n) is 10.1. The molecule has 3 nitrogen and oxygen atoms in total. The first-order chi connectivity index (χ1) is 8.26. The second-order valence-electron chi connectivity index (χ2n) is 4.00. The van der Waals surface area contributed by atoms with E-state index in [1.807, 2.05) is 12.4 Å². The van der Waals surface area contributed by atoms with Crippen molar-refractivity contribution in [2.24, 2.45) is 5.84 Å². The Bertz CT molecular complexity index is 476. The summed E-state index contributed by atoms with van der Waals surface area (Å²) < 4.78 is 0. The molecule has 2 aromatic rings. The molecule has 1 aromatic heterocycles. The third-order valence-electron chi connectivity index (χ3n) is 2.93. The molecule has 0 fully saturated rings. The van der Waals surface area contributed by atoms with Crippen molar-refractivity contribution in [1.29, 1.82) is 0 Å². The molecule has 0 amide bonds. The van der Waals surface area contributed by atoms with Gasteiger partial charge in [-0.15, -0.1) is 11.3 Å². The van der Waals surface area contributed by atoms with Gasteiger partial charge in [-0.25, -0.2) is 10.4 Å². The standard InChI is InChI=1S/C13H17N3S/c1-3-10-4-6-11(7-5-10)12(16-14)13-9(2)15-8-17-13/h4-8,12,16H,3,14H2,1-2H3. The Morgan fingerprint density at radius 1 is 1.35 bits per heavy atom. The van der Waals surface area contributed by atoms with Gasteiger partial charge in [0.2, 0.25) is 0 Å². The third-order valence-corrected chi connectivity index (χ3v) is 3.93. The number of hydrogen-bond donors (Lipinski definition) is 2. The van der Waals surface area contributed by atoms with Crippen LogP contribution in [0.4, 0.5) is 0 Å². The number of benzene rings is 1. The highest BCUT2D eigenvalue weighted by Crippen LogP contribution is 2.27. The van der Waals surface area contributed by atoms with Crippen LogP contribution < -0.4 is 11.3 Å². The lowest BCUT2D eigenvalue weighted by molar-refractivity contribution is 0.642. The van der Waals surface area contributed by atoms with E-state index in [1.165, 1.54) is 16.0 Å². The van der Waals surface area contributed by atoms with Crippen molar-refractivity contribution in [1.82, 2.24) is 10.4 Å². The van der Waals surface area contributed by atoms with Gasteiger partial charge < -0.3 is 0 Å². The van der Waals surface area contributed by atoms with Crippen LogP contribution in [0.2, 0.25) is 0 Å². The molecule has 0 spiro atoms. The first-order valence-corrected chi connectivity index (χ1v) is 6.59. The van der Waals surface area contributed by atoms with E-state index in [-0.39, 0.29) is 6.04 Å². The smallest absolute Gasteiger partial charge is 0.0821 e. The summed E-state index contributed by atoms with van der Waals surface area (Å²) in [4.78, 5) is 5.45. The Hall–Kier alpha value is -1.23. The number of rotatable bonds is 4. The van der Waals surface area contributed by atoms with E-state index in [0.717, 1.165) is 12.1 Å². The van der Waals surface area contributed by atoms with Crippen molar-refractivity contribution >= 4 is 11.3 Å². The molecule has 0 saturated carbocycles. The Balaban J connectivity index is 2.32. The summed E-state index contributed by atoms with van der Waals surface area (Å²) in [5.41, 5.74) is 8.28. The average molecular weight is 247 g/mol. The van der Waals surface area contributed by atoms with E-state index >= 15 is 0 Å². The number of hydrazine groups is 1. The highest BCUT2D eigenvalue weighted by atomic mass is 32.1. The number of nitrogens with two attached hydrogens (primary N) is 1. The number of aryl methyl sites for hydroxylation is 2. The van der Waals surface area contributed by atoms with Crippen LogP contribution in [0, 0.1) is 6.92 Å². The number of nitrogens with zero attached hydrogens (tertiary/aromatic N) is 1. The molecule has 1 unspecified atom stereocenters. The van der Waals surface area contributed by atoms with Gasteiger partial charge in [-0.3, -0.25) is 5.84 Å². The topological polar surface area (TPSA) is 50.9 Å². The lowest BCUT2D eigenvalue weighted by Gasteiger charge is -2.15. The van der Waals surface area contributed by atoms with Gasteiger partial charge >= 0.3 is 0 Å². The number of thiazole rings is 1. The SMILES string of the molecule is CCc1ccc(C(NN)c2scnc2C)cc1. The van der Waals surface area contributed by atoms with Crippen LogP contribution >= 0.6 is 11.3 Å². The Labute approximate surface area is 106 Å². The van der Waals surface area contributed by atoms with Gasteiger partial charge in [-0.1, -0.05) is 31.2 Å². The molecule has 17 heavy (non-hydrogen) atoms. The molecular formula is C13H17N3S. The summed E-state index contributed by atoms with van der Waals surface area (Å²) in [6.45, 7) is 4.16. The highest BCUT2D eigenvalue weighted by molar-refractivity contribution is 7.09. The van der Waals surface area contributed by atoms with Crippen molar-refractivity contribution in [3.05, 3.63) is 51.5 Å². The van der Waals surface area contributed by atoms with E-state index < -0.39 is 0 Å². The van der Waals surface area contributed by atoms with E-state index in [0.29, 0.717) is 0 Å². The minimum absolute atomic E-state index is 0.0356. The summed E-state index contributed by atoms with van der Waals surface area (Å²) in [7, 11) is 0. The van der Waals surface area contributed by atoms with Gasteiger partial charge in [-0.2, -0.15) is 0 Å². The molecule has 2 rings (SSSR count). The van der Waals surface area contributed by atoms with Crippen molar-refractivity contribution in [3.63, 3.8) is 0 Å². The predicted octanol–water partition coefficient (Wildman–Crippen LogP) is 2.57. The molecule has 3 N–H and O–H groups in total. The highest BCUT2D eigenvalue weighted by Gasteiger charge is 2.16. The monoisotopic (exact) mass is 247 g/mol. The zero-order valence-corrected chi connectivity index (χ0v) is 10.9. The van der Waals surface area contributed by atoms with Crippen LogP contribution in [0.25, 0.3) is 0 Å². The second-order valence-corrected chi connectivity index (χ2v) is 4.88. The van der Waals surface area contributed by atoms with E-state index in [9.17, 15) is 0 Å². The molecule has 0 aliphatic carbocycles. The van der Waals surface area contributed by atoms with Crippen molar-refractivity contribution in [3.8, 4) is 0 Å². The second kappa shape index (κ2) is 5.40. The molecule has 0 aliphatic heterocycles. The van der Waals surface area contributed by atoms with Crippen LogP contribution in [-0.4, -0.2) is 4.98 Å². The molecule has 0 saturated heterocycles. The summed E-state index contributed by atoms with van der Waals surface area (Å²) in [5, 5.41) is 0. The fourth-order valence-electron chi connectivity index (χ4n) is 1.86. The summed E-state index contributed by atoms with van der Waals surface area (Å²) in [5.74, 6) is 5.66. The van der Waals surface area contributed by atoms with Gasteiger partial charge in [0.05, 0.1) is 22.1 Å². The van der Waals surface area contributed by atoms with Gasteiger partial charge in [0.25, 0.3) is 0 Å². The minimum Gasteiger partial charge on any atom is -0.271 e. The van der Waals surface area contributed by atoms with E-state index in [1.54, 1.807) is 11.3 Å². The van der Waals surface area contributed by atoms with Crippen LogP contribution in [0.5, 0.6) is 0 Å². The van der Waals surface area contributed by atoms with Gasteiger partial charge in [-0.05, 0) is 24.5 Å². The summed E-state index contributed by atoms with van der Waals surface area (Å²) in [6, 6.07) is 8.59. The fourth-order valence-corrected chi connectivity index (χ4v) is 2.74. The minimum atomic E-state index is 0.0356. The molecule has 1 aromatic carbocycles. The Morgan fingerprint density at radius 3 is 2.53 bits per heavy atom. The quantitative estimate of drug-likeness (QED) is 0.645. The molecule has 0 radical (unpaired) electrons. The average Bonchev–Trinajstić information content (AvgIpc) is 2.78. The number of nitrogens with one attached hydrogen (secondary N) is 1. The van der Waals surface area contributed by atoms with Crippen LogP contribution in [0.1, 0.15) is 34.7 Å². The maximum Gasteiger partial charge on any atom is 0.0821 e. The maximum atomic E-state index is 5.66. The Kier molecular flexibility index (Phi) is 3.89. The molecule has 4 heteroatoms. The molecule has 1 atom stereocenters. The van der Waals surface area contributed by atoms with Gasteiger partial charge in [0.15, 0.2) is 0 Å². The van der Waals surface area contributed by atoms with Crippen LogP contribution in [-0.2, 0) is 6.42 Å². The summed E-state index contributed by atoms with van der Waals surface area (Å²) >= 11 is 1.63. The van der Waals surface area contributed by atoms with Crippen molar-refractivity contribution < 1.29 is 0 Å². The number of aromatic nitrogens is 1. The van der Waals surface area contributed by atoms with Crippen LogP contribution in [0.15, 0.2) is 29.8 Å². The zero-order chi connectivity index (χ0) is 12.3. The van der Waals surface area contributed by atoms with E-state index in [2.05, 4.69) is 41.6 Å². The first-order valence-electron chi connectivity index (χ1n) is 5.71. The molecule has 90 valence electrons. The summed E-state index contributed by atoms with van der Waals surface area (Å²) in [6.07, 6.45) is 1.06. The number of hydrogen-bond acceptors (Lipinski definition) is 4. The third kappa shape index (κ3) is 2.54. The van der Waals surface area contributed by atoms with Gasteiger partial charge in [0, 0.05) is 0 Å². The lowest BCUT2D eigenvalue weighted by Crippen LogP contribution is -2.28. The first kappa shape index (κ1) is 12.2. The molecule has 0 aliphatic rings. The van der Waals surface area contributed by atoms with E-state index in [4.69, 9.17) is 5.84 Å².